The summed E-state index contributed by atoms with van der Waals surface area (Å²) in [7, 11) is 4.09. The van der Waals surface area contributed by atoms with Gasteiger partial charge in [-0.15, -0.1) is 0 Å². The Labute approximate surface area is 173 Å². The predicted molar refractivity (Wildman–Crippen MR) is 121 cm³/mol. The molecule has 3 aromatic carbocycles. The van der Waals surface area contributed by atoms with E-state index in [1.165, 1.54) is 16.7 Å². The van der Waals surface area contributed by atoms with Gasteiger partial charge < -0.3 is 14.7 Å². The van der Waals surface area contributed by atoms with Crippen molar-refractivity contribution in [1.29, 1.82) is 0 Å². The Balaban J connectivity index is 1.68. The van der Waals surface area contributed by atoms with Gasteiger partial charge in [0.25, 0.3) is 0 Å². The largest absolute Gasteiger partial charge is 0.508 e. The molecular formula is C26H29NO2. The van der Waals surface area contributed by atoms with Crippen LogP contribution in [0.25, 0.3) is 11.6 Å². The fourth-order valence-corrected chi connectivity index (χ4v) is 3.10. The minimum absolute atomic E-state index is 0.290. The number of allylic oxidation sites excluding steroid dienone is 1. The van der Waals surface area contributed by atoms with Crippen LogP contribution in [0.3, 0.4) is 0 Å². The van der Waals surface area contributed by atoms with E-state index in [2.05, 4.69) is 47.4 Å². The number of rotatable bonds is 9. The van der Waals surface area contributed by atoms with Gasteiger partial charge in [-0.3, -0.25) is 0 Å². The van der Waals surface area contributed by atoms with Crippen LogP contribution >= 0.6 is 0 Å². The highest BCUT2D eigenvalue weighted by atomic mass is 16.5. The molecule has 3 rings (SSSR count). The first kappa shape index (κ1) is 20.7. The zero-order chi connectivity index (χ0) is 20.5. The Morgan fingerprint density at radius 3 is 2.24 bits per heavy atom. The molecule has 0 saturated carbocycles. The second-order valence-corrected chi connectivity index (χ2v) is 7.42. The summed E-state index contributed by atoms with van der Waals surface area (Å²) in [6.45, 7) is 1.60. The van der Waals surface area contributed by atoms with E-state index in [0.717, 1.165) is 30.7 Å². The maximum absolute atomic E-state index is 9.62. The number of hydrogen-bond acceptors (Lipinski definition) is 3. The first-order chi connectivity index (χ1) is 14.1. The summed E-state index contributed by atoms with van der Waals surface area (Å²) in [6, 6.07) is 26.2. The van der Waals surface area contributed by atoms with Crippen LogP contribution in [0.2, 0.25) is 0 Å². The molecule has 0 atom stereocenters. The fourth-order valence-electron chi connectivity index (χ4n) is 3.10. The molecule has 0 aliphatic rings. The molecule has 0 unspecified atom stereocenters. The number of ether oxygens (including phenoxy) is 1. The van der Waals surface area contributed by atoms with Crippen molar-refractivity contribution in [3.63, 3.8) is 0 Å². The Hall–Kier alpha value is -3.04. The molecule has 0 bridgehead atoms. The van der Waals surface area contributed by atoms with Gasteiger partial charge in [-0.2, -0.15) is 0 Å². The number of phenols is 1. The van der Waals surface area contributed by atoms with E-state index < -0.39 is 0 Å². The van der Waals surface area contributed by atoms with Gasteiger partial charge in [0.15, 0.2) is 0 Å². The fraction of sp³-hybridized carbons (Fsp3) is 0.231. The maximum Gasteiger partial charge on any atom is 0.119 e. The van der Waals surface area contributed by atoms with E-state index in [1.54, 1.807) is 12.1 Å². The van der Waals surface area contributed by atoms with Gasteiger partial charge in [-0.25, -0.2) is 0 Å². The number of phenolic OH excluding ortho intramolecular Hbond substituents is 1. The second-order valence-electron chi connectivity index (χ2n) is 7.42. The summed E-state index contributed by atoms with van der Waals surface area (Å²) in [5, 5.41) is 9.62. The van der Waals surface area contributed by atoms with Crippen LogP contribution in [0.5, 0.6) is 11.5 Å². The minimum atomic E-state index is 0.290. The van der Waals surface area contributed by atoms with Crippen molar-refractivity contribution in [3.8, 4) is 11.5 Å². The third-order valence-corrected chi connectivity index (χ3v) is 4.79. The molecular weight excluding hydrogens is 358 g/mol. The summed E-state index contributed by atoms with van der Waals surface area (Å²) in [5.74, 6) is 1.20. The number of aromatic hydroxyl groups is 1. The molecule has 3 nitrogen and oxygen atoms in total. The molecule has 1 N–H and O–H groups in total. The van der Waals surface area contributed by atoms with Crippen molar-refractivity contribution in [3.05, 3.63) is 95.6 Å². The molecule has 0 fully saturated rings. The van der Waals surface area contributed by atoms with Gasteiger partial charge in [0.05, 0.1) is 0 Å². The van der Waals surface area contributed by atoms with E-state index in [4.69, 9.17) is 4.74 Å². The van der Waals surface area contributed by atoms with Gasteiger partial charge in [-0.1, -0.05) is 60.7 Å². The van der Waals surface area contributed by atoms with E-state index >= 15 is 0 Å². The van der Waals surface area contributed by atoms with Crippen LogP contribution in [0, 0.1) is 0 Å². The average molecular weight is 388 g/mol. The smallest absolute Gasteiger partial charge is 0.119 e. The van der Waals surface area contributed by atoms with Gasteiger partial charge in [0, 0.05) is 6.54 Å². The van der Waals surface area contributed by atoms with E-state index in [-0.39, 0.29) is 5.75 Å². The lowest BCUT2D eigenvalue weighted by molar-refractivity contribution is 0.261. The molecule has 0 aliphatic carbocycles. The van der Waals surface area contributed by atoms with Crippen molar-refractivity contribution in [2.75, 3.05) is 27.2 Å². The zero-order valence-electron chi connectivity index (χ0n) is 17.2. The third kappa shape index (κ3) is 6.81. The average Bonchev–Trinajstić information content (AvgIpc) is 2.73. The number of likely N-dealkylation sites (N-methyl/N-ethyl adjacent to an activating group) is 1. The van der Waals surface area contributed by atoms with Crippen molar-refractivity contribution in [2.24, 2.45) is 0 Å². The van der Waals surface area contributed by atoms with Crippen LogP contribution in [0.15, 0.2) is 78.9 Å². The highest BCUT2D eigenvalue weighted by Crippen LogP contribution is 2.26. The maximum atomic E-state index is 9.62. The van der Waals surface area contributed by atoms with E-state index in [0.29, 0.717) is 6.61 Å². The molecule has 0 aliphatic heterocycles. The number of aryl methyl sites for hydroxylation is 1. The molecule has 3 aromatic rings. The van der Waals surface area contributed by atoms with Crippen LogP contribution in [-0.4, -0.2) is 37.3 Å². The van der Waals surface area contributed by atoms with Crippen molar-refractivity contribution >= 4 is 11.6 Å². The first-order valence-electron chi connectivity index (χ1n) is 10.0. The third-order valence-electron chi connectivity index (χ3n) is 4.79. The molecule has 0 radical (unpaired) electrons. The van der Waals surface area contributed by atoms with Gasteiger partial charge in [-0.05, 0) is 73.5 Å². The summed E-state index contributed by atoms with van der Waals surface area (Å²) in [6.07, 6.45) is 4.09. The molecule has 0 amide bonds. The summed E-state index contributed by atoms with van der Waals surface area (Å²) < 4.78 is 5.78. The molecule has 0 saturated heterocycles. The lowest BCUT2D eigenvalue weighted by Gasteiger charge is -2.12. The quantitative estimate of drug-likeness (QED) is 0.492. The van der Waals surface area contributed by atoms with Gasteiger partial charge in [0.2, 0.25) is 0 Å². The van der Waals surface area contributed by atoms with Crippen LogP contribution < -0.4 is 4.74 Å². The number of hydrogen-bond donors (Lipinski definition) is 1. The number of nitrogens with zero attached hydrogens (tertiary/aromatic N) is 1. The number of benzene rings is 3. The Bertz CT molecular complexity index is 898. The minimum Gasteiger partial charge on any atom is -0.508 e. The van der Waals surface area contributed by atoms with E-state index in [1.807, 2.05) is 44.4 Å². The Morgan fingerprint density at radius 2 is 1.59 bits per heavy atom. The SMILES string of the molecule is CN(C)CCOc1ccc(CC/C(=C/c2ccccc2)c2ccc(O)cc2)cc1. The molecule has 29 heavy (non-hydrogen) atoms. The molecule has 150 valence electrons. The van der Waals surface area contributed by atoms with Crippen molar-refractivity contribution < 1.29 is 9.84 Å². The molecule has 0 spiro atoms. The van der Waals surface area contributed by atoms with Gasteiger partial charge in [0.1, 0.15) is 18.1 Å². The lowest BCUT2D eigenvalue weighted by Crippen LogP contribution is -2.19. The monoisotopic (exact) mass is 387 g/mol. The highest BCUT2D eigenvalue weighted by Gasteiger charge is 2.05. The van der Waals surface area contributed by atoms with Crippen LogP contribution in [0.1, 0.15) is 23.1 Å². The molecule has 0 aromatic heterocycles. The summed E-state index contributed by atoms with van der Waals surface area (Å²) >= 11 is 0. The summed E-state index contributed by atoms with van der Waals surface area (Å²) in [4.78, 5) is 2.11. The van der Waals surface area contributed by atoms with Crippen LogP contribution in [0.4, 0.5) is 0 Å². The Morgan fingerprint density at radius 1 is 0.897 bits per heavy atom. The van der Waals surface area contributed by atoms with Crippen molar-refractivity contribution in [2.45, 2.75) is 12.8 Å². The molecule has 3 heteroatoms. The zero-order valence-corrected chi connectivity index (χ0v) is 17.2. The van der Waals surface area contributed by atoms with Gasteiger partial charge >= 0.3 is 0 Å². The second kappa shape index (κ2) is 10.5. The van der Waals surface area contributed by atoms with Crippen molar-refractivity contribution in [1.82, 2.24) is 4.90 Å². The lowest BCUT2D eigenvalue weighted by atomic mass is 9.96. The normalized spacial score (nSPS) is 11.6. The first-order valence-corrected chi connectivity index (χ1v) is 10.0. The Kier molecular flexibility index (Phi) is 7.48. The predicted octanol–water partition coefficient (Wildman–Crippen LogP) is 5.51. The topological polar surface area (TPSA) is 32.7 Å². The summed E-state index contributed by atoms with van der Waals surface area (Å²) in [5.41, 5.74) is 4.85. The van der Waals surface area contributed by atoms with E-state index in [9.17, 15) is 5.11 Å². The highest BCUT2D eigenvalue weighted by molar-refractivity contribution is 5.81. The van der Waals surface area contributed by atoms with Crippen LogP contribution in [-0.2, 0) is 6.42 Å². The molecule has 0 heterocycles. The standard InChI is InChI=1S/C26H29NO2/c1-27(2)18-19-29-26-16-9-21(10-17-26)8-11-24(20-22-6-4-3-5-7-22)23-12-14-25(28)15-13-23/h3-7,9-10,12-17,20,28H,8,11,18-19H2,1-2H3/b24-20-.